The van der Waals surface area contributed by atoms with Gasteiger partial charge in [0, 0.05) is 45.1 Å². The van der Waals surface area contributed by atoms with Gasteiger partial charge < -0.3 is 19.9 Å². The highest BCUT2D eigenvalue weighted by Gasteiger charge is 2.29. The second-order valence-electron chi connectivity index (χ2n) is 6.22. The molecule has 0 spiro atoms. The number of ether oxygens (including phenoxy) is 1. The lowest BCUT2D eigenvalue weighted by Crippen LogP contribution is -2.49. The maximum atomic E-state index is 11.9. The van der Waals surface area contributed by atoms with Crippen molar-refractivity contribution >= 4 is 17.9 Å². The number of piperidine rings is 1. The van der Waals surface area contributed by atoms with Crippen LogP contribution in [0.5, 0.6) is 0 Å². The molecule has 1 saturated heterocycles. The van der Waals surface area contributed by atoms with Crippen LogP contribution in [0.25, 0.3) is 0 Å². The molecule has 0 bridgehead atoms. The maximum Gasteiger partial charge on any atom is 0.409 e. The van der Waals surface area contributed by atoms with E-state index in [1.165, 1.54) is 6.92 Å². The Balaban J connectivity index is 1.78. The van der Waals surface area contributed by atoms with E-state index in [1.54, 1.807) is 16.7 Å². The van der Waals surface area contributed by atoms with Crippen molar-refractivity contribution < 1.29 is 19.1 Å². The first-order valence-electron chi connectivity index (χ1n) is 8.49. The molecule has 2 rings (SSSR count). The number of nitrogens with zero attached hydrogens (tertiary/aromatic N) is 2. The molecule has 3 amide bonds. The van der Waals surface area contributed by atoms with Crippen molar-refractivity contribution in [1.82, 2.24) is 15.1 Å². The van der Waals surface area contributed by atoms with Crippen LogP contribution >= 0.6 is 0 Å². The molecule has 2 fully saturated rings. The van der Waals surface area contributed by atoms with Crippen LogP contribution in [-0.2, 0) is 14.3 Å². The Morgan fingerprint density at radius 3 is 2.35 bits per heavy atom. The van der Waals surface area contributed by atoms with E-state index in [9.17, 15) is 14.4 Å². The zero-order chi connectivity index (χ0) is 16.8. The largest absolute Gasteiger partial charge is 0.450 e. The standard InChI is InChI=1S/C16H27N3O4/c1-3-23-16(22)18-9-6-14(7-10-18)19(12(2)20)11-8-15(21)17-13-4-5-13/h13-14H,3-11H2,1-2H3,(H,17,21). The molecule has 1 N–H and O–H groups in total. The summed E-state index contributed by atoms with van der Waals surface area (Å²) in [6, 6.07) is 0.438. The van der Waals surface area contributed by atoms with Crippen LogP contribution in [0.3, 0.4) is 0 Å². The second-order valence-corrected chi connectivity index (χ2v) is 6.22. The van der Waals surface area contributed by atoms with Crippen LogP contribution in [-0.4, -0.2) is 66.0 Å². The summed E-state index contributed by atoms with van der Waals surface area (Å²) in [5.74, 6) is 0.00140. The molecular weight excluding hydrogens is 298 g/mol. The maximum absolute atomic E-state index is 11.9. The average molecular weight is 325 g/mol. The highest BCUT2D eigenvalue weighted by Crippen LogP contribution is 2.20. The van der Waals surface area contributed by atoms with Gasteiger partial charge in [0.1, 0.15) is 0 Å². The van der Waals surface area contributed by atoms with E-state index >= 15 is 0 Å². The summed E-state index contributed by atoms with van der Waals surface area (Å²) in [5, 5.41) is 2.94. The third-order valence-electron chi connectivity index (χ3n) is 4.36. The van der Waals surface area contributed by atoms with Crippen LogP contribution in [0.1, 0.15) is 46.0 Å². The minimum absolute atomic E-state index is 0.0150. The van der Waals surface area contributed by atoms with Crippen LogP contribution in [0.4, 0.5) is 4.79 Å². The predicted molar refractivity (Wildman–Crippen MR) is 84.8 cm³/mol. The molecule has 0 aromatic heterocycles. The van der Waals surface area contributed by atoms with Gasteiger partial charge in [-0.2, -0.15) is 0 Å². The molecule has 1 aliphatic carbocycles. The van der Waals surface area contributed by atoms with Crippen molar-refractivity contribution in [2.45, 2.75) is 58.0 Å². The monoisotopic (exact) mass is 325 g/mol. The molecule has 0 aromatic rings. The summed E-state index contributed by atoms with van der Waals surface area (Å²) in [6.45, 7) is 5.31. The fourth-order valence-corrected chi connectivity index (χ4v) is 2.92. The van der Waals surface area contributed by atoms with Crippen molar-refractivity contribution in [3.63, 3.8) is 0 Å². The Morgan fingerprint density at radius 1 is 1.17 bits per heavy atom. The third-order valence-corrected chi connectivity index (χ3v) is 4.36. The molecule has 0 unspecified atom stereocenters. The Hall–Kier alpha value is -1.79. The number of carbonyl (C=O) groups excluding carboxylic acids is 3. The zero-order valence-electron chi connectivity index (χ0n) is 14.0. The minimum Gasteiger partial charge on any atom is -0.450 e. The quantitative estimate of drug-likeness (QED) is 0.794. The summed E-state index contributed by atoms with van der Waals surface area (Å²) < 4.78 is 5.00. The first-order valence-corrected chi connectivity index (χ1v) is 8.49. The molecule has 0 aromatic carbocycles. The highest BCUT2D eigenvalue weighted by molar-refractivity contribution is 5.78. The summed E-state index contributed by atoms with van der Waals surface area (Å²) in [6.07, 6.45) is 3.63. The van der Waals surface area contributed by atoms with E-state index in [0.29, 0.717) is 38.7 Å². The van der Waals surface area contributed by atoms with E-state index in [0.717, 1.165) is 25.7 Å². The molecule has 2 aliphatic rings. The molecule has 23 heavy (non-hydrogen) atoms. The van der Waals surface area contributed by atoms with Gasteiger partial charge in [0.2, 0.25) is 11.8 Å². The van der Waals surface area contributed by atoms with Crippen LogP contribution in [0.2, 0.25) is 0 Å². The molecule has 0 atom stereocenters. The molecule has 7 nitrogen and oxygen atoms in total. The zero-order valence-corrected chi connectivity index (χ0v) is 14.0. The molecular formula is C16H27N3O4. The van der Waals surface area contributed by atoms with E-state index < -0.39 is 0 Å². The number of carbonyl (C=O) groups is 3. The fraction of sp³-hybridized carbons (Fsp3) is 0.812. The van der Waals surface area contributed by atoms with E-state index in [2.05, 4.69) is 5.32 Å². The van der Waals surface area contributed by atoms with Gasteiger partial charge in [0.05, 0.1) is 6.61 Å². The van der Waals surface area contributed by atoms with E-state index in [-0.39, 0.29) is 23.9 Å². The fourth-order valence-electron chi connectivity index (χ4n) is 2.92. The summed E-state index contributed by atoms with van der Waals surface area (Å²) >= 11 is 0. The van der Waals surface area contributed by atoms with Gasteiger partial charge in [-0.05, 0) is 32.6 Å². The molecule has 1 saturated carbocycles. The van der Waals surface area contributed by atoms with Gasteiger partial charge >= 0.3 is 6.09 Å². The first-order chi connectivity index (χ1) is 11.0. The number of hydrogen-bond donors (Lipinski definition) is 1. The Kier molecular flexibility index (Phi) is 6.24. The topological polar surface area (TPSA) is 79.0 Å². The van der Waals surface area contributed by atoms with Crippen LogP contribution < -0.4 is 5.32 Å². The Labute approximate surface area is 137 Å². The third kappa shape index (κ3) is 5.41. The van der Waals surface area contributed by atoms with Crippen LogP contribution in [0, 0.1) is 0 Å². The van der Waals surface area contributed by atoms with Crippen molar-refractivity contribution in [1.29, 1.82) is 0 Å². The normalized spacial score (nSPS) is 18.4. The lowest BCUT2D eigenvalue weighted by Gasteiger charge is -2.37. The molecule has 7 heteroatoms. The minimum atomic E-state index is -0.288. The van der Waals surface area contributed by atoms with Gasteiger partial charge in [-0.15, -0.1) is 0 Å². The number of likely N-dealkylation sites (tertiary alicyclic amines) is 1. The smallest absolute Gasteiger partial charge is 0.409 e. The summed E-state index contributed by atoms with van der Waals surface area (Å²) in [7, 11) is 0. The molecule has 130 valence electrons. The first kappa shape index (κ1) is 17.6. The number of nitrogens with one attached hydrogen (secondary N) is 1. The summed E-state index contributed by atoms with van der Waals surface area (Å²) in [5.41, 5.74) is 0. The van der Waals surface area contributed by atoms with Crippen molar-refractivity contribution in [3.8, 4) is 0 Å². The lowest BCUT2D eigenvalue weighted by molar-refractivity contribution is -0.132. The highest BCUT2D eigenvalue weighted by atomic mass is 16.6. The van der Waals surface area contributed by atoms with Gasteiger partial charge in [0.15, 0.2) is 0 Å². The molecule has 1 aliphatic heterocycles. The van der Waals surface area contributed by atoms with Crippen molar-refractivity contribution in [3.05, 3.63) is 0 Å². The Morgan fingerprint density at radius 2 is 1.83 bits per heavy atom. The number of rotatable bonds is 6. The molecule has 1 heterocycles. The van der Waals surface area contributed by atoms with Gasteiger partial charge in [-0.3, -0.25) is 9.59 Å². The predicted octanol–water partition coefficient (Wildman–Crippen LogP) is 1.12. The van der Waals surface area contributed by atoms with Gasteiger partial charge in [-0.25, -0.2) is 4.79 Å². The number of hydrogen-bond acceptors (Lipinski definition) is 4. The van der Waals surface area contributed by atoms with Crippen molar-refractivity contribution in [2.75, 3.05) is 26.2 Å². The summed E-state index contributed by atoms with van der Waals surface area (Å²) in [4.78, 5) is 38.8. The van der Waals surface area contributed by atoms with Gasteiger partial charge in [0.25, 0.3) is 0 Å². The van der Waals surface area contributed by atoms with Crippen LogP contribution in [0.15, 0.2) is 0 Å². The van der Waals surface area contributed by atoms with E-state index in [1.807, 2.05) is 0 Å². The van der Waals surface area contributed by atoms with Gasteiger partial charge in [-0.1, -0.05) is 0 Å². The van der Waals surface area contributed by atoms with Crippen molar-refractivity contribution in [2.24, 2.45) is 0 Å². The average Bonchev–Trinajstić information content (AvgIpc) is 3.32. The number of amides is 3. The molecule has 0 radical (unpaired) electrons. The second kappa shape index (κ2) is 8.17. The lowest BCUT2D eigenvalue weighted by atomic mass is 10.0. The Bertz CT molecular complexity index is 443. The SMILES string of the molecule is CCOC(=O)N1CCC(N(CCC(=O)NC2CC2)C(C)=O)CC1. The van der Waals surface area contributed by atoms with E-state index in [4.69, 9.17) is 4.74 Å².